The average molecular weight is 957 g/mol. The molecule has 0 unspecified atom stereocenters. The predicted molar refractivity (Wildman–Crippen MR) is 307 cm³/mol. The molecule has 6 heteroatoms. The van der Waals surface area contributed by atoms with E-state index in [2.05, 4.69) is 168 Å². The van der Waals surface area contributed by atoms with Crippen molar-refractivity contribution in [3.8, 4) is 62.1 Å². The molecule has 0 spiro atoms. The highest BCUT2D eigenvalue weighted by atomic mass is 16.3. The number of fused-ring (bicyclic) bond motifs is 9. The van der Waals surface area contributed by atoms with Crippen LogP contribution in [0.3, 0.4) is 0 Å². The van der Waals surface area contributed by atoms with E-state index in [9.17, 15) is 0 Å². The lowest BCUT2D eigenvalue weighted by Crippen LogP contribution is -2.04. The highest BCUT2D eigenvalue weighted by molar-refractivity contribution is 6.07. The Morgan fingerprint density at radius 2 is 0.851 bits per heavy atom. The topological polar surface area (TPSA) is 69.9 Å². The summed E-state index contributed by atoms with van der Waals surface area (Å²) in [5, 5.41) is 5.58. The van der Waals surface area contributed by atoms with Gasteiger partial charge >= 0.3 is 0 Å². The van der Waals surface area contributed by atoms with Gasteiger partial charge in [0.15, 0.2) is 17.5 Å². The van der Waals surface area contributed by atoms with Gasteiger partial charge in [-0.1, -0.05) is 185 Å². The number of allylic oxidation sites excluding steroid dienone is 3. The van der Waals surface area contributed by atoms with Crippen LogP contribution in [0.5, 0.6) is 0 Å². The van der Waals surface area contributed by atoms with E-state index < -0.39 is 0 Å². The summed E-state index contributed by atoms with van der Waals surface area (Å²) in [7, 11) is 0. The monoisotopic (exact) mass is 956 g/mol. The molecule has 0 atom stereocenters. The summed E-state index contributed by atoms with van der Waals surface area (Å²) in [5.74, 6) is 1.75. The zero-order valence-corrected chi connectivity index (χ0v) is 41.8. The molecule has 0 aliphatic heterocycles. The summed E-state index contributed by atoms with van der Waals surface area (Å²) in [4.78, 5) is 15.5. The van der Waals surface area contributed by atoms with Gasteiger partial charge in [-0.2, -0.15) is 0 Å². The first-order chi connectivity index (χ1) is 36.7. The minimum atomic E-state index is 0.571. The molecule has 0 radical (unpaired) electrons. The Labute approximate surface area is 430 Å². The number of hydrogen-bond acceptors (Lipinski definition) is 5. The van der Waals surface area contributed by atoms with Crippen molar-refractivity contribution < 1.29 is 8.83 Å². The fraction of sp³-hybridized carbons (Fsp3) is 0.0735. The Kier molecular flexibility index (Phi) is 12.2. The number of furan rings is 2. The van der Waals surface area contributed by atoms with E-state index >= 15 is 0 Å². The molecule has 9 aromatic carbocycles. The Morgan fingerprint density at radius 3 is 1.51 bits per heavy atom. The second-order valence-electron chi connectivity index (χ2n) is 17.9. The molecule has 14 rings (SSSR count). The molecule has 13 aromatic rings. The highest BCUT2D eigenvalue weighted by Crippen LogP contribution is 2.42. The molecule has 1 aliphatic carbocycles. The molecule has 0 amide bonds. The number of aromatic nitrogens is 4. The van der Waals surface area contributed by atoms with Crippen LogP contribution < -0.4 is 0 Å². The Balaban J connectivity index is 0.00000136. The minimum absolute atomic E-state index is 0.571. The molecular formula is C68H52N4O2. The van der Waals surface area contributed by atoms with E-state index in [1.165, 1.54) is 10.9 Å². The molecule has 0 N–H and O–H groups in total. The second kappa shape index (κ2) is 19.7. The van der Waals surface area contributed by atoms with E-state index in [4.69, 9.17) is 23.8 Å². The number of para-hydroxylation sites is 3. The lowest BCUT2D eigenvalue weighted by atomic mass is 9.91. The Morgan fingerprint density at radius 1 is 0.365 bits per heavy atom. The predicted octanol–water partition coefficient (Wildman–Crippen LogP) is 18.5. The largest absolute Gasteiger partial charge is 0.456 e. The minimum Gasteiger partial charge on any atom is -0.456 e. The summed E-state index contributed by atoms with van der Waals surface area (Å²) in [6.45, 7) is 8.00. The molecule has 0 bridgehead atoms. The molecule has 0 fully saturated rings. The third-order valence-electron chi connectivity index (χ3n) is 13.7. The smallest absolute Gasteiger partial charge is 0.164 e. The second-order valence-corrected chi connectivity index (χ2v) is 17.9. The SMILES string of the molecule is C1=CCc2c(n(-c3cccc(-c4nc(-c5ccccc5)nc(-c5ccc6c(c5)oc5ccccc56)n4)c3)c3ccccc23)C(c2cc(-c3ccccc3)cc(-c3ccc4c(c3)oc3ccccc34)c2)=C1.CC.CC. The number of benzene rings is 9. The van der Waals surface area contributed by atoms with Gasteiger partial charge in [0.05, 0.1) is 11.2 Å². The van der Waals surface area contributed by atoms with E-state index in [1.807, 2.05) is 94.4 Å². The lowest BCUT2D eigenvalue weighted by Gasteiger charge is -2.18. The first-order valence-electron chi connectivity index (χ1n) is 25.6. The van der Waals surface area contributed by atoms with Gasteiger partial charge in [0, 0.05) is 54.9 Å². The fourth-order valence-corrected chi connectivity index (χ4v) is 10.4. The van der Waals surface area contributed by atoms with Crippen molar-refractivity contribution in [2.24, 2.45) is 0 Å². The summed E-state index contributed by atoms with van der Waals surface area (Å²) in [6, 6.07) is 74.3. The van der Waals surface area contributed by atoms with Crippen molar-refractivity contribution in [2.45, 2.75) is 34.1 Å². The molecular weight excluding hydrogens is 905 g/mol. The van der Waals surface area contributed by atoms with Gasteiger partial charge in [0.25, 0.3) is 0 Å². The van der Waals surface area contributed by atoms with Crippen LogP contribution in [0.1, 0.15) is 44.5 Å². The third-order valence-corrected chi connectivity index (χ3v) is 13.7. The van der Waals surface area contributed by atoms with E-state index in [1.54, 1.807) is 0 Å². The first kappa shape index (κ1) is 45.7. The first-order valence-corrected chi connectivity index (χ1v) is 25.6. The maximum absolute atomic E-state index is 6.42. The van der Waals surface area contributed by atoms with Crippen molar-refractivity contribution >= 4 is 60.4 Å². The molecule has 4 aromatic heterocycles. The number of nitrogens with zero attached hydrogens (tertiary/aromatic N) is 4. The Hall–Kier alpha value is -9.39. The van der Waals surface area contributed by atoms with Crippen molar-refractivity contribution in [1.82, 2.24) is 19.5 Å². The van der Waals surface area contributed by atoms with Gasteiger partial charge in [0.1, 0.15) is 22.3 Å². The summed E-state index contributed by atoms with van der Waals surface area (Å²) >= 11 is 0. The van der Waals surface area contributed by atoms with Gasteiger partial charge in [-0.25, -0.2) is 15.0 Å². The van der Waals surface area contributed by atoms with Gasteiger partial charge in [-0.3, -0.25) is 0 Å². The van der Waals surface area contributed by atoms with Crippen molar-refractivity contribution in [1.29, 1.82) is 0 Å². The van der Waals surface area contributed by atoms with Crippen LogP contribution in [0.2, 0.25) is 0 Å². The van der Waals surface area contributed by atoms with Crippen molar-refractivity contribution in [3.63, 3.8) is 0 Å². The molecule has 6 nitrogen and oxygen atoms in total. The summed E-state index contributed by atoms with van der Waals surface area (Å²) in [6.07, 6.45) is 7.55. The third kappa shape index (κ3) is 8.16. The quantitative estimate of drug-likeness (QED) is 0.159. The summed E-state index contributed by atoms with van der Waals surface area (Å²) < 4.78 is 15.2. The van der Waals surface area contributed by atoms with Crippen LogP contribution in [0.4, 0.5) is 0 Å². The molecule has 4 heterocycles. The van der Waals surface area contributed by atoms with E-state index in [0.29, 0.717) is 17.5 Å². The van der Waals surface area contributed by atoms with Gasteiger partial charge in [-0.05, 0) is 113 Å². The van der Waals surface area contributed by atoms with Crippen LogP contribution in [-0.4, -0.2) is 19.5 Å². The van der Waals surface area contributed by atoms with Crippen LogP contribution >= 0.6 is 0 Å². The fourth-order valence-electron chi connectivity index (χ4n) is 10.4. The maximum Gasteiger partial charge on any atom is 0.164 e. The van der Waals surface area contributed by atoms with Crippen molar-refractivity contribution in [3.05, 3.63) is 247 Å². The van der Waals surface area contributed by atoms with Gasteiger partial charge in [0.2, 0.25) is 0 Å². The average Bonchev–Trinajstić information content (AvgIpc) is 4.11. The molecule has 356 valence electrons. The van der Waals surface area contributed by atoms with Gasteiger partial charge < -0.3 is 13.4 Å². The van der Waals surface area contributed by atoms with E-state index in [-0.39, 0.29) is 0 Å². The van der Waals surface area contributed by atoms with E-state index in [0.717, 1.165) is 117 Å². The Bertz CT molecular complexity index is 4270. The number of rotatable bonds is 7. The zero-order valence-electron chi connectivity index (χ0n) is 41.8. The molecule has 0 saturated heterocycles. The molecule has 1 aliphatic rings. The normalized spacial score (nSPS) is 12.0. The molecule has 0 saturated carbocycles. The maximum atomic E-state index is 6.42. The standard InChI is InChI=1S/C64H40N4O2.2C2H6/c1-3-16-40(17-4-1)45-34-46(42-30-32-53-51-24-10-13-28-57(51)69-59(53)38-42)36-47(35-45)49-22-7-8-26-55-50-23-9-12-27-56(50)68(61(49)55)48-21-15-20-43(37-48)63-65-62(41-18-5-2-6-19-41)66-64(67-63)44-31-33-54-52-25-11-14-29-58(52)70-60(54)39-44;2*1-2/h1-25,27-39H,26H2;2*1-2H3. The lowest BCUT2D eigenvalue weighted by molar-refractivity contribution is 0.668. The number of hydrogen-bond donors (Lipinski definition) is 0. The van der Waals surface area contributed by atoms with Crippen LogP contribution in [-0.2, 0) is 6.42 Å². The highest BCUT2D eigenvalue weighted by Gasteiger charge is 2.25. The van der Waals surface area contributed by atoms with Crippen LogP contribution in [0.15, 0.2) is 239 Å². The van der Waals surface area contributed by atoms with Crippen molar-refractivity contribution in [2.75, 3.05) is 0 Å². The summed E-state index contributed by atoms with van der Waals surface area (Å²) in [5.41, 5.74) is 17.3. The zero-order chi connectivity index (χ0) is 50.1. The van der Waals surface area contributed by atoms with Crippen LogP contribution in [0, 0.1) is 0 Å². The van der Waals surface area contributed by atoms with Gasteiger partial charge in [-0.15, -0.1) is 0 Å². The molecule has 74 heavy (non-hydrogen) atoms. The van der Waals surface area contributed by atoms with Crippen LogP contribution in [0.25, 0.3) is 122 Å².